The van der Waals surface area contributed by atoms with Gasteiger partial charge in [0.1, 0.15) is 0 Å². The number of methoxy groups -OCH3 is 1. The van der Waals surface area contributed by atoms with E-state index in [1.165, 1.54) is 11.1 Å². The fourth-order valence-electron chi connectivity index (χ4n) is 5.11. The highest BCUT2D eigenvalue weighted by atomic mass is 32.2. The molecule has 34 heavy (non-hydrogen) atoms. The third kappa shape index (κ3) is 5.88. The monoisotopic (exact) mass is 484 g/mol. The summed E-state index contributed by atoms with van der Waals surface area (Å²) in [7, 11) is -1.88. The minimum atomic E-state index is -3.52. The normalized spacial score (nSPS) is 17.0. The average molecular weight is 485 g/mol. The van der Waals surface area contributed by atoms with Crippen LogP contribution in [0.2, 0.25) is 0 Å². The Bertz CT molecular complexity index is 1060. The van der Waals surface area contributed by atoms with Crippen LogP contribution in [-0.2, 0) is 38.8 Å². The SMILES string of the molecule is COCCN(CCCc1ccccc1)C(=O)C1CCN(S(=O)(=O)c2ccc3c(c2)CCC3)CC1. The van der Waals surface area contributed by atoms with Crippen molar-refractivity contribution in [2.24, 2.45) is 5.92 Å². The Morgan fingerprint density at radius 2 is 1.76 bits per heavy atom. The van der Waals surface area contributed by atoms with E-state index < -0.39 is 10.0 Å². The van der Waals surface area contributed by atoms with Gasteiger partial charge >= 0.3 is 0 Å². The Labute approximate surface area is 204 Å². The smallest absolute Gasteiger partial charge is 0.243 e. The van der Waals surface area contributed by atoms with Gasteiger partial charge in [0.2, 0.25) is 15.9 Å². The molecule has 1 amide bonds. The van der Waals surface area contributed by atoms with Crippen molar-refractivity contribution < 1.29 is 17.9 Å². The van der Waals surface area contributed by atoms with Gasteiger partial charge in [-0.3, -0.25) is 4.79 Å². The van der Waals surface area contributed by atoms with Gasteiger partial charge in [-0.05, 0) is 73.8 Å². The molecular weight excluding hydrogens is 448 g/mol. The van der Waals surface area contributed by atoms with Gasteiger partial charge in [0.15, 0.2) is 0 Å². The summed E-state index contributed by atoms with van der Waals surface area (Å²) in [6, 6.07) is 15.9. The van der Waals surface area contributed by atoms with Crippen LogP contribution in [0, 0.1) is 5.92 Å². The maximum absolute atomic E-state index is 13.3. The lowest BCUT2D eigenvalue weighted by atomic mass is 9.96. The third-order valence-corrected chi connectivity index (χ3v) is 9.02. The lowest BCUT2D eigenvalue weighted by Crippen LogP contribution is -2.45. The van der Waals surface area contributed by atoms with Gasteiger partial charge in [-0.25, -0.2) is 8.42 Å². The van der Waals surface area contributed by atoms with Crippen LogP contribution >= 0.6 is 0 Å². The molecular formula is C27H36N2O4S. The number of carbonyl (C=O) groups is 1. The standard InChI is InChI=1S/C27H36N2O4S/c1-33-20-19-28(16-6-9-22-7-3-2-4-8-22)27(30)24-14-17-29(18-15-24)34(31,32)26-13-12-23-10-5-11-25(23)21-26/h2-4,7-8,12-13,21,24H,5-6,9-11,14-20H2,1H3. The van der Waals surface area contributed by atoms with Gasteiger partial charge in [0, 0.05) is 39.2 Å². The lowest BCUT2D eigenvalue weighted by molar-refractivity contribution is -0.137. The van der Waals surface area contributed by atoms with E-state index in [0.29, 0.717) is 50.5 Å². The molecule has 0 spiro atoms. The summed E-state index contributed by atoms with van der Waals surface area (Å²) < 4.78 is 33.3. The van der Waals surface area contributed by atoms with Gasteiger partial charge in [-0.2, -0.15) is 4.31 Å². The minimum absolute atomic E-state index is 0.125. The molecule has 1 fully saturated rings. The molecule has 0 saturated carbocycles. The summed E-state index contributed by atoms with van der Waals surface area (Å²) in [5.74, 6) is -0.0141. The zero-order chi connectivity index (χ0) is 24.0. The van der Waals surface area contributed by atoms with Gasteiger partial charge in [-0.1, -0.05) is 36.4 Å². The Balaban J connectivity index is 1.33. The number of ether oxygens (including phenoxy) is 1. The molecule has 0 unspecified atom stereocenters. The number of piperidine rings is 1. The number of sulfonamides is 1. The van der Waals surface area contributed by atoms with Crippen molar-refractivity contribution in [3.63, 3.8) is 0 Å². The number of hydrogen-bond donors (Lipinski definition) is 0. The second kappa shape index (κ2) is 11.5. The predicted octanol–water partition coefficient (Wildman–Crippen LogP) is 3.68. The van der Waals surface area contributed by atoms with Crippen LogP contribution in [0.25, 0.3) is 0 Å². The number of benzene rings is 2. The fourth-order valence-corrected chi connectivity index (χ4v) is 6.63. The van der Waals surface area contributed by atoms with Crippen LogP contribution in [0.1, 0.15) is 42.4 Å². The molecule has 0 N–H and O–H groups in total. The summed E-state index contributed by atoms with van der Waals surface area (Å²) in [5, 5.41) is 0. The van der Waals surface area contributed by atoms with Crippen molar-refractivity contribution in [1.82, 2.24) is 9.21 Å². The molecule has 1 aliphatic heterocycles. The highest BCUT2D eigenvalue weighted by molar-refractivity contribution is 7.89. The van der Waals surface area contributed by atoms with Crippen LogP contribution < -0.4 is 0 Å². The van der Waals surface area contributed by atoms with Gasteiger partial charge < -0.3 is 9.64 Å². The first-order chi connectivity index (χ1) is 16.5. The minimum Gasteiger partial charge on any atom is -0.383 e. The van der Waals surface area contributed by atoms with E-state index in [0.717, 1.165) is 37.7 Å². The maximum atomic E-state index is 13.3. The second-order valence-electron chi connectivity index (χ2n) is 9.37. The molecule has 184 valence electrons. The van der Waals surface area contributed by atoms with E-state index in [4.69, 9.17) is 4.74 Å². The van der Waals surface area contributed by atoms with Crippen molar-refractivity contribution in [2.75, 3.05) is 39.9 Å². The molecule has 4 rings (SSSR count). The first-order valence-corrected chi connectivity index (χ1v) is 13.9. The zero-order valence-electron chi connectivity index (χ0n) is 20.1. The molecule has 1 aliphatic carbocycles. The highest BCUT2D eigenvalue weighted by Gasteiger charge is 2.34. The van der Waals surface area contributed by atoms with Crippen molar-refractivity contribution in [2.45, 2.75) is 49.8 Å². The van der Waals surface area contributed by atoms with Crippen molar-refractivity contribution >= 4 is 15.9 Å². The number of rotatable bonds is 10. The molecule has 2 aliphatic rings. The maximum Gasteiger partial charge on any atom is 0.243 e. The third-order valence-electron chi connectivity index (χ3n) is 7.12. The summed E-state index contributed by atoms with van der Waals surface area (Å²) >= 11 is 0. The van der Waals surface area contributed by atoms with E-state index >= 15 is 0 Å². The number of aryl methyl sites for hydroxylation is 3. The summed E-state index contributed by atoms with van der Waals surface area (Å²) in [6.07, 6.45) is 6.03. The number of fused-ring (bicyclic) bond motifs is 1. The average Bonchev–Trinajstić information content (AvgIpc) is 3.34. The summed E-state index contributed by atoms with van der Waals surface area (Å²) in [4.78, 5) is 15.6. The zero-order valence-corrected chi connectivity index (χ0v) is 20.9. The first kappa shape index (κ1) is 24.9. The lowest BCUT2D eigenvalue weighted by Gasteiger charge is -2.34. The van der Waals surface area contributed by atoms with Crippen LogP contribution in [0.3, 0.4) is 0 Å². The van der Waals surface area contributed by atoms with Crippen LogP contribution in [-0.4, -0.2) is 63.4 Å². The molecule has 1 heterocycles. The van der Waals surface area contributed by atoms with Crippen molar-refractivity contribution in [3.8, 4) is 0 Å². The number of hydrogen-bond acceptors (Lipinski definition) is 4. The molecule has 1 saturated heterocycles. The number of carbonyl (C=O) groups excluding carboxylic acids is 1. The molecule has 2 aromatic rings. The van der Waals surface area contributed by atoms with E-state index in [2.05, 4.69) is 12.1 Å². The Morgan fingerprint density at radius 3 is 2.50 bits per heavy atom. The van der Waals surface area contributed by atoms with Gasteiger partial charge in [0.05, 0.1) is 11.5 Å². The summed E-state index contributed by atoms with van der Waals surface area (Å²) in [6.45, 7) is 2.53. The summed E-state index contributed by atoms with van der Waals surface area (Å²) in [5.41, 5.74) is 3.70. The number of nitrogens with zero attached hydrogens (tertiary/aromatic N) is 2. The first-order valence-electron chi connectivity index (χ1n) is 12.4. The topological polar surface area (TPSA) is 66.9 Å². The Hall–Kier alpha value is -2.22. The van der Waals surface area contributed by atoms with Crippen LogP contribution in [0.5, 0.6) is 0 Å². The number of amides is 1. The van der Waals surface area contributed by atoms with Gasteiger partial charge in [0.25, 0.3) is 0 Å². The van der Waals surface area contributed by atoms with Crippen LogP contribution in [0.15, 0.2) is 53.4 Å². The molecule has 6 nitrogen and oxygen atoms in total. The van der Waals surface area contributed by atoms with E-state index in [1.54, 1.807) is 17.5 Å². The van der Waals surface area contributed by atoms with Crippen molar-refractivity contribution in [3.05, 3.63) is 65.2 Å². The molecule has 0 radical (unpaired) electrons. The van der Waals surface area contributed by atoms with Crippen LogP contribution in [0.4, 0.5) is 0 Å². The molecule has 2 aromatic carbocycles. The molecule has 0 bridgehead atoms. The Morgan fingerprint density at radius 1 is 1.03 bits per heavy atom. The largest absolute Gasteiger partial charge is 0.383 e. The van der Waals surface area contributed by atoms with E-state index in [-0.39, 0.29) is 11.8 Å². The van der Waals surface area contributed by atoms with Crippen molar-refractivity contribution in [1.29, 1.82) is 0 Å². The predicted molar refractivity (Wildman–Crippen MR) is 133 cm³/mol. The quantitative estimate of drug-likeness (QED) is 0.516. The molecule has 7 heteroatoms. The van der Waals surface area contributed by atoms with E-state index in [1.807, 2.05) is 35.2 Å². The van der Waals surface area contributed by atoms with Gasteiger partial charge in [-0.15, -0.1) is 0 Å². The van der Waals surface area contributed by atoms with E-state index in [9.17, 15) is 13.2 Å². The fraction of sp³-hybridized carbons (Fsp3) is 0.519. The second-order valence-corrected chi connectivity index (χ2v) is 11.3. The Kier molecular flexibility index (Phi) is 8.40. The highest BCUT2D eigenvalue weighted by Crippen LogP contribution is 2.29. The molecule has 0 atom stereocenters. The molecule has 0 aromatic heterocycles.